The molecule has 0 aromatic heterocycles. The van der Waals surface area contributed by atoms with Gasteiger partial charge in [0.05, 0.1) is 12.2 Å². The van der Waals surface area contributed by atoms with Crippen molar-refractivity contribution in [3.05, 3.63) is 0 Å². The summed E-state index contributed by atoms with van der Waals surface area (Å²) in [5.41, 5.74) is 0. The van der Waals surface area contributed by atoms with Crippen LogP contribution in [0.25, 0.3) is 0 Å². The quantitative estimate of drug-likeness (QED) is 0.336. The minimum absolute atomic E-state index is 0.0154. The van der Waals surface area contributed by atoms with Crippen LogP contribution in [0.5, 0.6) is 0 Å². The third kappa shape index (κ3) is 0.980. The standard InChI is InChI=1S/C7H13NO3/c9-5-3-1-2-4(8-3)6(10)7(5)11/h3-11H,1-2H2/t3-,4+,5+,6-,7?. The molecule has 2 rings (SSSR count). The Hall–Kier alpha value is -0.160. The molecule has 4 heteroatoms. The molecule has 4 nitrogen and oxygen atoms in total. The molecular weight excluding hydrogens is 146 g/mol. The topological polar surface area (TPSA) is 72.7 Å². The molecule has 2 aliphatic rings. The summed E-state index contributed by atoms with van der Waals surface area (Å²) in [6, 6.07) is -0.0307. The van der Waals surface area contributed by atoms with Crippen LogP contribution in [0.15, 0.2) is 0 Å². The van der Waals surface area contributed by atoms with Crippen LogP contribution in [0.1, 0.15) is 12.8 Å². The Morgan fingerprint density at radius 1 is 0.818 bits per heavy atom. The molecular formula is C7H13NO3. The van der Waals surface area contributed by atoms with E-state index in [0.29, 0.717) is 0 Å². The average molecular weight is 159 g/mol. The zero-order valence-electron chi connectivity index (χ0n) is 6.14. The van der Waals surface area contributed by atoms with Crippen molar-refractivity contribution >= 4 is 0 Å². The lowest BCUT2D eigenvalue weighted by Crippen LogP contribution is -2.60. The maximum Gasteiger partial charge on any atom is 0.109 e. The fraction of sp³-hybridized carbons (Fsp3) is 1.00. The van der Waals surface area contributed by atoms with Crippen LogP contribution < -0.4 is 5.32 Å². The van der Waals surface area contributed by atoms with Gasteiger partial charge < -0.3 is 20.6 Å². The number of rotatable bonds is 0. The summed E-state index contributed by atoms with van der Waals surface area (Å²) in [7, 11) is 0. The molecule has 2 fully saturated rings. The van der Waals surface area contributed by atoms with Gasteiger partial charge in [0.15, 0.2) is 0 Å². The van der Waals surface area contributed by atoms with Gasteiger partial charge in [0.25, 0.3) is 0 Å². The SMILES string of the molecule is OC1[C@@H](O)[C@H]2CC[C@H](N2)[C@H]1O. The lowest BCUT2D eigenvalue weighted by molar-refractivity contribution is -0.0973. The monoisotopic (exact) mass is 159 g/mol. The Kier molecular flexibility index (Phi) is 1.64. The molecule has 11 heavy (non-hydrogen) atoms. The van der Waals surface area contributed by atoms with E-state index >= 15 is 0 Å². The predicted octanol–water partition coefficient (Wildman–Crippen LogP) is -1.80. The maximum atomic E-state index is 9.36. The first kappa shape index (κ1) is 7.49. The summed E-state index contributed by atoms with van der Waals surface area (Å²) < 4.78 is 0. The number of nitrogens with one attached hydrogen (secondary N) is 1. The molecule has 64 valence electrons. The van der Waals surface area contributed by atoms with Gasteiger partial charge in [-0.1, -0.05) is 0 Å². The van der Waals surface area contributed by atoms with Crippen molar-refractivity contribution in [1.29, 1.82) is 0 Å². The van der Waals surface area contributed by atoms with Crippen molar-refractivity contribution in [3.63, 3.8) is 0 Å². The summed E-state index contributed by atoms with van der Waals surface area (Å²) >= 11 is 0. The van der Waals surface area contributed by atoms with Gasteiger partial charge in [-0.25, -0.2) is 0 Å². The summed E-state index contributed by atoms with van der Waals surface area (Å²) in [6.45, 7) is 0. The van der Waals surface area contributed by atoms with Crippen molar-refractivity contribution < 1.29 is 15.3 Å². The molecule has 1 unspecified atom stereocenters. The Morgan fingerprint density at radius 3 is 1.73 bits per heavy atom. The Bertz CT molecular complexity index is 144. The summed E-state index contributed by atoms with van der Waals surface area (Å²) in [5.74, 6) is 0. The van der Waals surface area contributed by atoms with E-state index in [0.717, 1.165) is 12.8 Å². The van der Waals surface area contributed by atoms with Crippen LogP contribution in [0.4, 0.5) is 0 Å². The van der Waals surface area contributed by atoms with Gasteiger partial charge in [0, 0.05) is 12.1 Å². The summed E-state index contributed by atoms with van der Waals surface area (Å²) in [4.78, 5) is 0. The smallest absolute Gasteiger partial charge is 0.109 e. The Labute approximate surface area is 64.8 Å². The number of aliphatic hydroxyl groups excluding tert-OH is 3. The van der Waals surface area contributed by atoms with E-state index in [4.69, 9.17) is 0 Å². The number of fused-ring (bicyclic) bond motifs is 2. The van der Waals surface area contributed by atoms with Gasteiger partial charge in [0.1, 0.15) is 6.10 Å². The van der Waals surface area contributed by atoms with Gasteiger partial charge in [-0.2, -0.15) is 0 Å². The van der Waals surface area contributed by atoms with Crippen LogP contribution in [0.2, 0.25) is 0 Å². The maximum absolute atomic E-state index is 9.36. The lowest BCUT2D eigenvalue weighted by Gasteiger charge is -2.35. The minimum Gasteiger partial charge on any atom is -0.389 e. The van der Waals surface area contributed by atoms with E-state index < -0.39 is 18.3 Å². The fourth-order valence-electron chi connectivity index (χ4n) is 2.02. The third-order valence-electron chi connectivity index (χ3n) is 2.74. The van der Waals surface area contributed by atoms with Crippen molar-refractivity contribution in [2.75, 3.05) is 0 Å². The summed E-state index contributed by atoms with van der Waals surface area (Å²) in [6.07, 6.45) is -0.874. The highest BCUT2D eigenvalue weighted by molar-refractivity contribution is 5.03. The van der Waals surface area contributed by atoms with E-state index in [2.05, 4.69) is 5.32 Å². The number of aliphatic hydroxyl groups is 3. The van der Waals surface area contributed by atoms with Crippen molar-refractivity contribution in [3.8, 4) is 0 Å². The Morgan fingerprint density at radius 2 is 1.27 bits per heavy atom. The minimum atomic E-state index is -0.964. The molecule has 0 saturated carbocycles. The second-order valence-electron chi connectivity index (χ2n) is 3.43. The highest BCUT2D eigenvalue weighted by Gasteiger charge is 2.45. The number of hydrogen-bond acceptors (Lipinski definition) is 4. The van der Waals surface area contributed by atoms with E-state index in [1.54, 1.807) is 0 Å². The first-order chi connectivity index (χ1) is 5.20. The molecule has 0 aliphatic carbocycles. The molecule has 2 heterocycles. The summed E-state index contributed by atoms with van der Waals surface area (Å²) in [5, 5.41) is 31.1. The third-order valence-corrected chi connectivity index (χ3v) is 2.74. The van der Waals surface area contributed by atoms with Crippen molar-refractivity contribution in [1.82, 2.24) is 5.32 Å². The molecule has 5 atom stereocenters. The molecule has 2 bridgehead atoms. The van der Waals surface area contributed by atoms with Gasteiger partial charge in [0.2, 0.25) is 0 Å². The Balaban J connectivity index is 2.16. The van der Waals surface area contributed by atoms with Crippen LogP contribution in [0.3, 0.4) is 0 Å². The molecule has 0 radical (unpaired) electrons. The normalized spacial score (nSPS) is 56.5. The number of piperidine rings is 1. The second-order valence-corrected chi connectivity index (χ2v) is 3.43. The molecule has 2 saturated heterocycles. The van der Waals surface area contributed by atoms with E-state index in [9.17, 15) is 15.3 Å². The van der Waals surface area contributed by atoms with Crippen LogP contribution in [0, 0.1) is 0 Å². The highest BCUT2D eigenvalue weighted by Crippen LogP contribution is 2.27. The highest BCUT2D eigenvalue weighted by atomic mass is 16.4. The van der Waals surface area contributed by atoms with Gasteiger partial charge in [-0.05, 0) is 12.8 Å². The van der Waals surface area contributed by atoms with Crippen LogP contribution in [-0.4, -0.2) is 45.7 Å². The van der Waals surface area contributed by atoms with E-state index in [1.807, 2.05) is 0 Å². The first-order valence-corrected chi connectivity index (χ1v) is 4.00. The first-order valence-electron chi connectivity index (χ1n) is 4.00. The molecule has 0 aromatic carbocycles. The van der Waals surface area contributed by atoms with Crippen molar-refractivity contribution in [2.45, 2.75) is 43.2 Å². The van der Waals surface area contributed by atoms with Gasteiger partial charge in [-0.15, -0.1) is 0 Å². The van der Waals surface area contributed by atoms with Crippen LogP contribution >= 0.6 is 0 Å². The average Bonchev–Trinajstić information content (AvgIpc) is 2.44. The van der Waals surface area contributed by atoms with Crippen molar-refractivity contribution in [2.24, 2.45) is 0 Å². The number of hydrogen-bond donors (Lipinski definition) is 4. The second kappa shape index (κ2) is 2.42. The molecule has 4 N–H and O–H groups in total. The molecule has 0 spiro atoms. The molecule has 0 amide bonds. The van der Waals surface area contributed by atoms with Gasteiger partial charge in [-0.3, -0.25) is 0 Å². The lowest BCUT2D eigenvalue weighted by atomic mass is 9.97. The zero-order valence-corrected chi connectivity index (χ0v) is 6.14. The van der Waals surface area contributed by atoms with Gasteiger partial charge >= 0.3 is 0 Å². The fourth-order valence-corrected chi connectivity index (χ4v) is 2.02. The van der Waals surface area contributed by atoms with E-state index in [-0.39, 0.29) is 12.1 Å². The largest absolute Gasteiger partial charge is 0.389 e. The predicted molar refractivity (Wildman–Crippen MR) is 38.0 cm³/mol. The molecule has 2 aliphatic heterocycles. The van der Waals surface area contributed by atoms with Crippen LogP contribution in [-0.2, 0) is 0 Å². The zero-order chi connectivity index (χ0) is 8.01. The molecule has 0 aromatic rings. The van der Waals surface area contributed by atoms with E-state index in [1.165, 1.54) is 0 Å².